The molecule has 0 aliphatic heterocycles. The van der Waals surface area contributed by atoms with E-state index in [2.05, 4.69) is 50.2 Å². The highest BCUT2D eigenvalue weighted by Gasteiger charge is 2.04. The van der Waals surface area contributed by atoms with E-state index in [0.29, 0.717) is 4.47 Å². The van der Waals surface area contributed by atoms with Gasteiger partial charge in [0.25, 0.3) is 5.56 Å². The Kier molecular flexibility index (Phi) is 5.48. The molecule has 1 aromatic heterocycles. The van der Waals surface area contributed by atoms with Gasteiger partial charge in [-0.15, -0.1) is 0 Å². The number of hydrogen-bond donors (Lipinski definition) is 2. The summed E-state index contributed by atoms with van der Waals surface area (Å²) >= 11 is 3.22. The van der Waals surface area contributed by atoms with E-state index >= 15 is 0 Å². The molecule has 1 rings (SSSR count). The van der Waals surface area contributed by atoms with Crippen LogP contribution >= 0.6 is 15.9 Å². The van der Waals surface area contributed by atoms with Crippen LogP contribution in [0.3, 0.4) is 0 Å². The molecule has 0 saturated heterocycles. The van der Waals surface area contributed by atoms with E-state index in [1.807, 2.05) is 0 Å². The van der Waals surface area contributed by atoms with Gasteiger partial charge in [0.05, 0.1) is 11.9 Å². The number of anilines is 1. The minimum atomic E-state index is -0.215. The lowest BCUT2D eigenvalue weighted by Gasteiger charge is -2.18. The molecule has 0 saturated carbocycles. The van der Waals surface area contributed by atoms with Crippen molar-refractivity contribution in [3.05, 3.63) is 21.0 Å². The molecule has 0 aromatic carbocycles. The molecule has 0 unspecified atom stereocenters. The van der Waals surface area contributed by atoms with Gasteiger partial charge in [-0.1, -0.05) is 13.8 Å². The summed E-state index contributed by atoms with van der Waals surface area (Å²) in [7, 11) is 0. The van der Waals surface area contributed by atoms with Gasteiger partial charge in [0.15, 0.2) is 0 Å². The van der Waals surface area contributed by atoms with E-state index in [1.54, 1.807) is 6.20 Å². The zero-order valence-electron chi connectivity index (χ0n) is 9.59. The van der Waals surface area contributed by atoms with Crippen LogP contribution in [0.25, 0.3) is 0 Å². The summed E-state index contributed by atoms with van der Waals surface area (Å²) in [5.74, 6) is 0. The molecule has 0 bridgehead atoms. The number of hydrogen-bond acceptors (Lipinski definition) is 4. The molecule has 16 heavy (non-hydrogen) atoms. The summed E-state index contributed by atoms with van der Waals surface area (Å²) in [4.78, 5) is 13.5. The fraction of sp³-hybridized carbons (Fsp3) is 0.600. The number of aromatic amines is 1. The van der Waals surface area contributed by atoms with Crippen molar-refractivity contribution >= 4 is 21.6 Å². The second kappa shape index (κ2) is 6.65. The number of halogens is 1. The number of aromatic nitrogens is 2. The van der Waals surface area contributed by atoms with Crippen LogP contribution in [0.5, 0.6) is 0 Å². The smallest absolute Gasteiger partial charge is 0.280 e. The lowest BCUT2D eigenvalue weighted by atomic mass is 10.4. The fourth-order valence-electron chi connectivity index (χ4n) is 1.40. The third kappa shape index (κ3) is 3.61. The standard InChI is InChI=1S/C10H17BrN4O/c1-3-15(4-2)6-5-12-8-7-13-14-10(16)9(8)11/h7H,3-6H2,1-2H3,(H2,12,14,16). The topological polar surface area (TPSA) is 61.0 Å². The Morgan fingerprint density at radius 1 is 1.50 bits per heavy atom. The quantitative estimate of drug-likeness (QED) is 0.828. The molecular weight excluding hydrogens is 272 g/mol. The van der Waals surface area contributed by atoms with Gasteiger partial charge in [0.2, 0.25) is 0 Å². The van der Waals surface area contributed by atoms with E-state index in [9.17, 15) is 4.79 Å². The fourth-order valence-corrected chi connectivity index (χ4v) is 1.73. The third-order valence-corrected chi connectivity index (χ3v) is 3.22. The van der Waals surface area contributed by atoms with Crippen LogP contribution in [-0.2, 0) is 0 Å². The summed E-state index contributed by atoms with van der Waals surface area (Å²) in [6.07, 6.45) is 1.60. The average molecular weight is 289 g/mol. The van der Waals surface area contributed by atoms with Crippen molar-refractivity contribution < 1.29 is 0 Å². The molecular formula is C10H17BrN4O. The van der Waals surface area contributed by atoms with E-state index < -0.39 is 0 Å². The minimum Gasteiger partial charge on any atom is -0.381 e. The highest BCUT2D eigenvalue weighted by atomic mass is 79.9. The Balaban J connectivity index is 2.49. The Labute approximate surface area is 103 Å². The number of nitrogens with zero attached hydrogens (tertiary/aromatic N) is 2. The molecule has 0 spiro atoms. The predicted molar refractivity (Wildman–Crippen MR) is 68.8 cm³/mol. The summed E-state index contributed by atoms with van der Waals surface area (Å²) < 4.78 is 0.502. The minimum absolute atomic E-state index is 0.215. The van der Waals surface area contributed by atoms with Crippen molar-refractivity contribution in [1.29, 1.82) is 0 Å². The second-order valence-electron chi connectivity index (χ2n) is 3.38. The number of rotatable bonds is 6. The summed E-state index contributed by atoms with van der Waals surface area (Å²) in [5.41, 5.74) is 0.517. The van der Waals surface area contributed by atoms with E-state index in [4.69, 9.17) is 0 Å². The van der Waals surface area contributed by atoms with Gasteiger partial charge in [0, 0.05) is 13.1 Å². The SMILES string of the molecule is CCN(CC)CCNc1cn[nH]c(=O)c1Br. The van der Waals surface area contributed by atoms with Crippen LogP contribution in [0.1, 0.15) is 13.8 Å². The number of likely N-dealkylation sites (N-methyl/N-ethyl adjacent to an activating group) is 1. The molecule has 0 aliphatic carbocycles. The first-order valence-electron chi connectivity index (χ1n) is 5.38. The lowest BCUT2D eigenvalue weighted by molar-refractivity contribution is 0.316. The van der Waals surface area contributed by atoms with Crippen molar-refractivity contribution in [3.63, 3.8) is 0 Å². The van der Waals surface area contributed by atoms with Crippen LogP contribution < -0.4 is 10.9 Å². The maximum absolute atomic E-state index is 11.2. The largest absolute Gasteiger partial charge is 0.381 e. The van der Waals surface area contributed by atoms with Crippen LogP contribution in [0.2, 0.25) is 0 Å². The van der Waals surface area contributed by atoms with E-state index in [0.717, 1.165) is 31.9 Å². The molecule has 5 nitrogen and oxygen atoms in total. The van der Waals surface area contributed by atoms with Gasteiger partial charge >= 0.3 is 0 Å². The van der Waals surface area contributed by atoms with Gasteiger partial charge in [-0.25, -0.2) is 5.10 Å². The van der Waals surface area contributed by atoms with Gasteiger partial charge in [0.1, 0.15) is 4.47 Å². The van der Waals surface area contributed by atoms with E-state index in [1.165, 1.54) is 0 Å². The highest BCUT2D eigenvalue weighted by molar-refractivity contribution is 9.10. The predicted octanol–water partition coefficient (Wildman–Crippen LogP) is 1.29. The first kappa shape index (κ1) is 13.2. The van der Waals surface area contributed by atoms with Gasteiger partial charge in [-0.3, -0.25) is 4.79 Å². The summed E-state index contributed by atoms with van der Waals surface area (Å²) in [6, 6.07) is 0. The van der Waals surface area contributed by atoms with E-state index in [-0.39, 0.29) is 5.56 Å². The van der Waals surface area contributed by atoms with Crippen LogP contribution in [0.15, 0.2) is 15.5 Å². The first-order valence-corrected chi connectivity index (χ1v) is 6.17. The monoisotopic (exact) mass is 288 g/mol. The first-order chi connectivity index (χ1) is 7.69. The maximum atomic E-state index is 11.2. The Bertz CT molecular complexity index is 375. The zero-order valence-corrected chi connectivity index (χ0v) is 11.2. The maximum Gasteiger partial charge on any atom is 0.280 e. The molecule has 0 amide bonds. The Morgan fingerprint density at radius 2 is 2.19 bits per heavy atom. The molecule has 0 radical (unpaired) electrons. The summed E-state index contributed by atoms with van der Waals surface area (Å²) in [6.45, 7) is 8.08. The number of nitrogens with one attached hydrogen (secondary N) is 2. The molecule has 0 fully saturated rings. The lowest BCUT2D eigenvalue weighted by Crippen LogP contribution is -2.29. The van der Waals surface area contributed by atoms with Crippen LogP contribution in [-0.4, -0.2) is 41.3 Å². The molecule has 90 valence electrons. The molecule has 1 aromatic rings. The Hall–Kier alpha value is -0.880. The van der Waals surface area contributed by atoms with Gasteiger partial charge in [-0.05, 0) is 29.0 Å². The molecule has 0 aliphatic rings. The summed E-state index contributed by atoms with van der Waals surface area (Å²) in [5, 5.41) is 9.28. The van der Waals surface area contributed by atoms with Crippen molar-refractivity contribution in [1.82, 2.24) is 15.1 Å². The average Bonchev–Trinajstić information content (AvgIpc) is 2.30. The van der Waals surface area contributed by atoms with Gasteiger partial charge < -0.3 is 10.2 Å². The second-order valence-corrected chi connectivity index (χ2v) is 4.17. The van der Waals surface area contributed by atoms with Crippen LogP contribution in [0.4, 0.5) is 5.69 Å². The van der Waals surface area contributed by atoms with Crippen molar-refractivity contribution in [3.8, 4) is 0 Å². The van der Waals surface area contributed by atoms with Crippen molar-refractivity contribution in [2.75, 3.05) is 31.5 Å². The molecule has 6 heteroatoms. The zero-order chi connectivity index (χ0) is 12.0. The molecule has 2 N–H and O–H groups in total. The Morgan fingerprint density at radius 3 is 2.81 bits per heavy atom. The van der Waals surface area contributed by atoms with Crippen molar-refractivity contribution in [2.24, 2.45) is 0 Å². The normalized spacial score (nSPS) is 10.8. The molecule has 1 heterocycles. The van der Waals surface area contributed by atoms with Crippen LogP contribution in [0, 0.1) is 0 Å². The highest BCUT2D eigenvalue weighted by Crippen LogP contribution is 2.14. The molecule has 0 atom stereocenters. The van der Waals surface area contributed by atoms with Crippen molar-refractivity contribution in [2.45, 2.75) is 13.8 Å². The number of H-pyrrole nitrogens is 1. The van der Waals surface area contributed by atoms with Gasteiger partial charge in [-0.2, -0.15) is 5.10 Å². The third-order valence-electron chi connectivity index (χ3n) is 2.43.